The number of hydrogen-bond donors (Lipinski definition) is 1. The van der Waals surface area contributed by atoms with Crippen molar-refractivity contribution in [2.24, 2.45) is 0 Å². The summed E-state index contributed by atoms with van der Waals surface area (Å²) in [7, 11) is 0. The summed E-state index contributed by atoms with van der Waals surface area (Å²) >= 11 is 13.9. The molecule has 2 N–H and O–H groups in total. The van der Waals surface area contributed by atoms with Crippen LogP contribution in [0.25, 0.3) is 0 Å². The van der Waals surface area contributed by atoms with Gasteiger partial charge in [-0.1, -0.05) is 37.0 Å². The number of amides is 1. The molecule has 0 spiro atoms. The first-order valence-electron chi connectivity index (χ1n) is 6.07. The van der Waals surface area contributed by atoms with Crippen LogP contribution in [-0.4, -0.2) is 34.4 Å². The number of halogens is 2. The van der Waals surface area contributed by atoms with Crippen molar-refractivity contribution in [1.82, 2.24) is 4.90 Å². The molecule has 1 heterocycles. The van der Waals surface area contributed by atoms with Gasteiger partial charge in [-0.3, -0.25) is 4.79 Å². The van der Waals surface area contributed by atoms with Crippen molar-refractivity contribution in [3.63, 3.8) is 0 Å². The van der Waals surface area contributed by atoms with E-state index in [1.165, 1.54) is 0 Å². The average Bonchev–Trinajstić information content (AvgIpc) is 2.33. The lowest BCUT2D eigenvalue weighted by Crippen LogP contribution is -2.44. The predicted molar refractivity (Wildman–Crippen MR) is 83.3 cm³/mol. The SMILES string of the molecule is CC1CN(C(=O)c2cc(Cl)c(N)c(Cl)c2)CC(C)S1. The lowest BCUT2D eigenvalue weighted by Gasteiger charge is -2.34. The minimum absolute atomic E-state index is 0.0391. The lowest BCUT2D eigenvalue weighted by molar-refractivity contribution is 0.0753. The van der Waals surface area contributed by atoms with E-state index in [0.717, 1.165) is 13.1 Å². The van der Waals surface area contributed by atoms with Gasteiger partial charge >= 0.3 is 0 Å². The number of nitrogens with zero attached hydrogens (tertiary/aromatic N) is 1. The van der Waals surface area contributed by atoms with Gasteiger partial charge < -0.3 is 10.6 Å². The minimum Gasteiger partial charge on any atom is -0.396 e. The molecule has 1 aromatic rings. The maximum absolute atomic E-state index is 12.5. The Morgan fingerprint density at radius 3 is 2.21 bits per heavy atom. The molecule has 0 saturated carbocycles. The Hall–Kier alpha value is -0.580. The zero-order chi connectivity index (χ0) is 14.2. The minimum atomic E-state index is -0.0391. The number of nitrogens with two attached hydrogens (primary N) is 1. The summed E-state index contributed by atoms with van der Waals surface area (Å²) in [6.45, 7) is 5.74. The van der Waals surface area contributed by atoms with Crippen LogP contribution in [0.1, 0.15) is 24.2 Å². The van der Waals surface area contributed by atoms with E-state index in [2.05, 4.69) is 13.8 Å². The number of benzene rings is 1. The van der Waals surface area contributed by atoms with Gasteiger partial charge in [-0.2, -0.15) is 11.8 Å². The molecule has 6 heteroatoms. The van der Waals surface area contributed by atoms with E-state index in [-0.39, 0.29) is 5.91 Å². The number of carbonyl (C=O) groups excluding carboxylic acids is 1. The van der Waals surface area contributed by atoms with Crippen LogP contribution in [0.5, 0.6) is 0 Å². The number of anilines is 1. The Labute approximate surface area is 127 Å². The summed E-state index contributed by atoms with van der Waals surface area (Å²) < 4.78 is 0. The second-order valence-electron chi connectivity index (χ2n) is 4.82. The van der Waals surface area contributed by atoms with E-state index >= 15 is 0 Å². The van der Waals surface area contributed by atoms with Gasteiger partial charge in [0.2, 0.25) is 0 Å². The van der Waals surface area contributed by atoms with Gasteiger partial charge in [0.1, 0.15) is 0 Å². The van der Waals surface area contributed by atoms with E-state index < -0.39 is 0 Å². The summed E-state index contributed by atoms with van der Waals surface area (Å²) in [6, 6.07) is 3.17. The Balaban J connectivity index is 2.24. The summed E-state index contributed by atoms with van der Waals surface area (Å²) in [5.41, 5.74) is 6.49. The highest BCUT2D eigenvalue weighted by Gasteiger charge is 2.27. The molecule has 104 valence electrons. The third kappa shape index (κ3) is 3.30. The van der Waals surface area contributed by atoms with Crippen molar-refractivity contribution in [3.8, 4) is 0 Å². The maximum Gasteiger partial charge on any atom is 0.254 e. The van der Waals surface area contributed by atoms with Gasteiger partial charge in [-0.15, -0.1) is 0 Å². The van der Waals surface area contributed by atoms with Crippen LogP contribution in [-0.2, 0) is 0 Å². The molecule has 19 heavy (non-hydrogen) atoms. The fourth-order valence-electron chi connectivity index (χ4n) is 2.23. The van der Waals surface area contributed by atoms with Crippen molar-refractivity contribution in [2.45, 2.75) is 24.3 Å². The van der Waals surface area contributed by atoms with E-state index in [1.54, 1.807) is 12.1 Å². The van der Waals surface area contributed by atoms with Crippen LogP contribution >= 0.6 is 35.0 Å². The molecule has 1 fully saturated rings. The third-order valence-corrected chi connectivity index (χ3v) is 4.89. The molecule has 1 amide bonds. The molecule has 1 aromatic carbocycles. The first-order valence-corrected chi connectivity index (χ1v) is 7.77. The number of nitrogen functional groups attached to an aromatic ring is 1. The molecular formula is C13H16Cl2N2OS. The second-order valence-corrected chi connectivity index (χ2v) is 7.52. The first-order chi connectivity index (χ1) is 8.88. The standard InChI is InChI=1S/C13H16Cl2N2OS/c1-7-5-17(6-8(2)19-7)13(18)9-3-10(14)12(16)11(15)4-9/h3-4,7-8H,5-6,16H2,1-2H3. The number of hydrogen-bond acceptors (Lipinski definition) is 3. The normalized spacial score (nSPS) is 23.5. The van der Waals surface area contributed by atoms with Crippen LogP contribution < -0.4 is 5.73 Å². The molecular weight excluding hydrogens is 303 g/mol. The molecule has 2 unspecified atom stereocenters. The molecule has 0 bridgehead atoms. The molecule has 1 aliphatic rings. The fourth-order valence-corrected chi connectivity index (χ4v) is 4.05. The molecule has 1 aliphatic heterocycles. The number of rotatable bonds is 1. The largest absolute Gasteiger partial charge is 0.396 e. The van der Waals surface area contributed by atoms with E-state index in [9.17, 15) is 4.79 Å². The quantitative estimate of drug-likeness (QED) is 0.805. The molecule has 0 aromatic heterocycles. The first kappa shape index (κ1) is 14.8. The zero-order valence-corrected chi connectivity index (χ0v) is 13.1. The molecule has 2 rings (SSSR count). The average molecular weight is 319 g/mol. The van der Waals surface area contributed by atoms with Crippen LogP contribution in [0.4, 0.5) is 5.69 Å². The monoisotopic (exact) mass is 318 g/mol. The lowest BCUT2D eigenvalue weighted by atomic mass is 10.1. The van der Waals surface area contributed by atoms with E-state index in [0.29, 0.717) is 31.8 Å². The van der Waals surface area contributed by atoms with E-state index in [4.69, 9.17) is 28.9 Å². The van der Waals surface area contributed by atoms with Crippen molar-refractivity contribution in [2.75, 3.05) is 18.8 Å². The summed E-state index contributed by atoms with van der Waals surface area (Å²) in [5.74, 6) is -0.0391. The Kier molecular flexibility index (Phi) is 4.54. The van der Waals surface area contributed by atoms with Gasteiger partial charge in [-0.05, 0) is 12.1 Å². The molecule has 2 atom stereocenters. The van der Waals surface area contributed by atoms with Crippen LogP contribution in [0, 0.1) is 0 Å². The fraction of sp³-hybridized carbons (Fsp3) is 0.462. The zero-order valence-electron chi connectivity index (χ0n) is 10.8. The topological polar surface area (TPSA) is 46.3 Å². The van der Waals surface area contributed by atoms with Crippen molar-refractivity contribution >= 4 is 46.6 Å². The third-order valence-electron chi connectivity index (χ3n) is 3.03. The van der Waals surface area contributed by atoms with Gasteiger partial charge in [-0.25, -0.2) is 0 Å². The summed E-state index contributed by atoms with van der Waals surface area (Å²) in [4.78, 5) is 14.3. The Bertz CT molecular complexity index is 476. The smallest absolute Gasteiger partial charge is 0.254 e. The Morgan fingerprint density at radius 2 is 1.74 bits per heavy atom. The maximum atomic E-state index is 12.5. The number of carbonyl (C=O) groups is 1. The highest BCUT2D eigenvalue weighted by molar-refractivity contribution is 8.00. The predicted octanol–water partition coefficient (Wildman–Crippen LogP) is 3.54. The van der Waals surface area contributed by atoms with Crippen LogP contribution in [0.15, 0.2) is 12.1 Å². The molecule has 3 nitrogen and oxygen atoms in total. The summed E-state index contributed by atoms with van der Waals surface area (Å²) in [5, 5.41) is 1.52. The van der Waals surface area contributed by atoms with Gasteiger partial charge in [0, 0.05) is 29.2 Å². The van der Waals surface area contributed by atoms with Crippen LogP contribution in [0.3, 0.4) is 0 Å². The van der Waals surface area contributed by atoms with Gasteiger partial charge in [0.25, 0.3) is 5.91 Å². The number of thioether (sulfide) groups is 1. The van der Waals surface area contributed by atoms with Gasteiger partial charge in [0.15, 0.2) is 0 Å². The second kappa shape index (κ2) is 5.81. The summed E-state index contributed by atoms with van der Waals surface area (Å²) in [6.07, 6.45) is 0. The highest BCUT2D eigenvalue weighted by Crippen LogP contribution is 2.31. The molecule has 1 saturated heterocycles. The molecule has 0 aliphatic carbocycles. The van der Waals surface area contributed by atoms with Crippen molar-refractivity contribution in [1.29, 1.82) is 0 Å². The van der Waals surface area contributed by atoms with Crippen LogP contribution in [0.2, 0.25) is 10.0 Å². The van der Waals surface area contributed by atoms with Crippen molar-refractivity contribution in [3.05, 3.63) is 27.7 Å². The van der Waals surface area contributed by atoms with Crippen molar-refractivity contribution < 1.29 is 4.79 Å². The highest BCUT2D eigenvalue weighted by atomic mass is 35.5. The van der Waals surface area contributed by atoms with Gasteiger partial charge in [0.05, 0.1) is 15.7 Å². The molecule has 0 radical (unpaired) electrons. The Morgan fingerprint density at radius 1 is 1.26 bits per heavy atom. The van der Waals surface area contributed by atoms with E-state index in [1.807, 2.05) is 16.7 Å².